The largest absolute Gasteiger partial charge is 0.369 e. The van der Waals surface area contributed by atoms with Gasteiger partial charge in [0.15, 0.2) is 0 Å². The second-order valence-corrected chi connectivity index (χ2v) is 6.94. The highest BCUT2D eigenvalue weighted by Crippen LogP contribution is 2.39. The first-order valence-electron chi connectivity index (χ1n) is 7.93. The van der Waals surface area contributed by atoms with Gasteiger partial charge in [-0.2, -0.15) is 0 Å². The minimum absolute atomic E-state index is 0.0690. The van der Waals surface area contributed by atoms with Crippen LogP contribution in [0.25, 0.3) is 0 Å². The number of primary amides is 1. The maximum atomic E-state index is 12.8. The van der Waals surface area contributed by atoms with Crippen molar-refractivity contribution in [3.63, 3.8) is 0 Å². The van der Waals surface area contributed by atoms with Gasteiger partial charge in [-0.15, -0.1) is 0 Å². The summed E-state index contributed by atoms with van der Waals surface area (Å²) in [4.78, 5) is 19.5. The van der Waals surface area contributed by atoms with Crippen LogP contribution in [0.15, 0.2) is 42.5 Å². The number of rotatable bonds is 6. The highest BCUT2D eigenvalue weighted by molar-refractivity contribution is 6.30. The number of pyridine rings is 1. The first kappa shape index (κ1) is 18.4. The minimum Gasteiger partial charge on any atom is -0.369 e. The zero-order valence-electron chi connectivity index (χ0n) is 14.6. The Labute approximate surface area is 148 Å². The van der Waals surface area contributed by atoms with Gasteiger partial charge < -0.3 is 10.6 Å². The molecule has 5 heteroatoms. The van der Waals surface area contributed by atoms with Gasteiger partial charge in [0.05, 0.1) is 5.69 Å². The molecule has 24 heavy (non-hydrogen) atoms. The number of hydrogen-bond acceptors (Lipinski definition) is 3. The molecule has 0 aliphatic carbocycles. The van der Waals surface area contributed by atoms with Crippen molar-refractivity contribution in [1.29, 1.82) is 0 Å². The molecule has 2 rings (SSSR count). The summed E-state index contributed by atoms with van der Waals surface area (Å²) in [7, 11) is 3.96. The number of hydrogen-bond donors (Lipinski definition) is 1. The number of aryl methyl sites for hydroxylation is 1. The molecule has 0 radical (unpaired) electrons. The van der Waals surface area contributed by atoms with Gasteiger partial charge in [0.25, 0.3) is 0 Å². The van der Waals surface area contributed by atoms with E-state index in [9.17, 15) is 4.79 Å². The molecule has 0 saturated carbocycles. The number of amides is 1. The fraction of sp³-hybridized carbons (Fsp3) is 0.368. The van der Waals surface area contributed by atoms with Crippen molar-refractivity contribution >= 4 is 17.5 Å². The summed E-state index contributed by atoms with van der Waals surface area (Å²) >= 11 is 6.04. The zero-order chi connectivity index (χ0) is 17.9. The van der Waals surface area contributed by atoms with Crippen LogP contribution >= 0.6 is 11.6 Å². The van der Waals surface area contributed by atoms with E-state index in [1.165, 1.54) is 0 Å². The van der Waals surface area contributed by atoms with Crippen LogP contribution < -0.4 is 5.73 Å². The standard InChI is InChI=1S/C19H24ClN3O/c1-13(12-23(3)4)19(18(21)24,15-8-10-16(20)11-9-15)17-7-5-6-14(2)22-17/h5-11,13H,12H2,1-4H3,(H2,21,24). The Balaban J connectivity index is 2.74. The van der Waals surface area contributed by atoms with Crippen molar-refractivity contribution in [3.05, 3.63) is 64.4 Å². The molecule has 0 fully saturated rings. The molecule has 1 aromatic heterocycles. The van der Waals surface area contributed by atoms with Gasteiger partial charge in [-0.3, -0.25) is 9.78 Å². The van der Waals surface area contributed by atoms with Crippen molar-refractivity contribution < 1.29 is 4.79 Å². The number of aromatic nitrogens is 1. The first-order valence-corrected chi connectivity index (χ1v) is 8.31. The summed E-state index contributed by atoms with van der Waals surface area (Å²) in [6.45, 7) is 4.64. The van der Waals surface area contributed by atoms with Crippen LogP contribution in [-0.4, -0.2) is 36.4 Å². The van der Waals surface area contributed by atoms with Crippen molar-refractivity contribution in [2.45, 2.75) is 19.3 Å². The molecule has 0 aliphatic heterocycles. The number of nitrogens with zero attached hydrogens (tertiary/aromatic N) is 2. The zero-order valence-corrected chi connectivity index (χ0v) is 15.3. The second kappa shape index (κ2) is 7.32. The topological polar surface area (TPSA) is 59.2 Å². The number of carbonyl (C=O) groups is 1. The maximum absolute atomic E-state index is 12.8. The van der Waals surface area contributed by atoms with Crippen LogP contribution in [0.3, 0.4) is 0 Å². The van der Waals surface area contributed by atoms with E-state index in [0.717, 1.165) is 11.3 Å². The number of benzene rings is 1. The normalized spacial score (nSPS) is 15.1. The summed E-state index contributed by atoms with van der Waals surface area (Å²) in [5.41, 5.74) is 7.29. The Hall–Kier alpha value is -1.91. The van der Waals surface area contributed by atoms with Gasteiger partial charge in [-0.1, -0.05) is 36.7 Å². The lowest BCUT2D eigenvalue weighted by molar-refractivity contribution is -0.124. The highest BCUT2D eigenvalue weighted by Gasteiger charge is 2.46. The molecule has 1 aromatic carbocycles. The Morgan fingerprint density at radius 2 is 1.88 bits per heavy atom. The van der Waals surface area contributed by atoms with Crippen molar-refractivity contribution in [1.82, 2.24) is 9.88 Å². The third-order valence-corrected chi connectivity index (χ3v) is 4.61. The average Bonchev–Trinajstić information content (AvgIpc) is 2.49. The monoisotopic (exact) mass is 345 g/mol. The van der Waals surface area contributed by atoms with Gasteiger partial charge in [0.2, 0.25) is 5.91 Å². The fourth-order valence-corrected chi connectivity index (χ4v) is 3.48. The Bertz CT molecular complexity index is 715. The van der Waals surface area contributed by atoms with Crippen LogP contribution in [-0.2, 0) is 10.2 Å². The summed E-state index contributed by atoms with van der Waals surface area (Å²) in [6, 6.07) is 13.0. The van der Waals surface area contributed by atoms with Crippen LogP contribution in [0.2, 0.25) is 5.02 Å². The predicted octanol–water partition coefficient (Wildman–Crippen LogP) is 3.01. The van der Waals surface area contributed by atoms with Gasteiger partial charge >= 0.3 is 0 Å². The van der Waals surface area contributed by atoms with E-state index in [2.05, 4.69) is 4.98 Å². The lowest BCUT2D eigenvalue weighted by Crippen LogP contribution is -2.50. The van der Waals surface area contributed by atoms with Gasteiger partial charge in [-0.25, -0.2) is 0 Å². The van der Waals surface area contributed by atoms with E-state index in [0.29, 0.717) is 17.3 Å². The number of nitrogens with two attached hydrogens (primary N) is 1. The Morgan fingerprint density at radius 1 is 1.25 bits per heavy atom. The summed E-state index contributed by atoms with van der Waals surface area (Å²) in [5, 5.41) is 0.620. The lowest BCUT2D eigenvalue weighted by atomic mass is 9.67. The fourth-order valence-electron chi connectivity index (χ4n) is 3.36. The maximum Gasteiger partial charge on any atom is 0.234 e. The Morgan fingerprint density at radius 3 is 2.38 bits per heavy atom. The van der Waals surface area contributed by atoms with Crippen molar-refractivity contribution in [2.24, 2.45) is 11.7 Å². The Kier molecular flexibility index (Phi) is 5.62. The molecular formula is C19H24ClN3O. The third kappa shape index (κ3) is 3.45. The van der Waals surface area contributed by atoms with Crippen LogP contribution in [0, 0.1) is 12.8 Å². The van der Waals surface area contributed by atoms with Crippen LogP contribution in [0.1, 0.15) is 23.9 Å². The smallest absolute Gasteiger partial charge is 0.234 e. The molecule has 0 spiro atoms. The summed E-state index contributed by atoms with van der Waals surface area (Å²) < 4.78 is 0. The SMILES string of the molecule is Cc1cccc(C(C(N)=O)(c2ccc(Cl)cc2)C(C)CN(C)C)n1. The molecule has 4 nitrogen and oxygen atoms in total. The van der Waals surface area contributed by atoms with E-state index < -0.39 is 11.3 Å². The summed E-state index contributed by atoms with van der Waals surface area (Å²) in [5.74, 6) is -0.474. The van der Waals surface area contributed by atoms with Crippen LogP contribution in [0.5, 0.6) is 0 Å². The highest BCUT2D eigenvalue weighted by atomic mass is 35.5. The van der Waals surface area contributed by atoms with Crippen molar-refractivity contribution in [3.8, 4) is 0 Å². The molecule has 0 bridgehead atoms. The molecule has 0 saturated heterocycles. The van der Waals surface area contributed by atoms with E-state index in [1.807, 2.05) is 63.2 Å². The average molecular weight is 346 g/mol. The summed E-state index contributed by atoms with van der Waals surface area (Å²) in [6.07, 6.45) is 0. The van der Waals surface area contributed by atoms with E-state index in [4.69, 9.17) is 17.3 Å². The van der Waals surface area contributed by atoms with Gasteiger partial charge in [0.1, 0.15) is 5.41 Å². The second-order valence-electron chi connectivity index (χ2n) is 6.51. The first-order chi connectivity index (χ1) is 11.3. The molecule has 2 unspecified atom stereocenters. The molecule has 2 atom stereocenters. The molecule has 2 aromatic rings. The van der Waals surface area contributed by atoms with Crippen molar-refractivity contribution in [2.75, 3.05) is 20.6 Å². The van der Waals surface area contributed by atoms with E-state index >= 15 is 0 Å². The predicted molar refractivity (Wildman–Crippen MR) is 98.1 cm³/mol. The quantitative estimate of drug-likeness (QED) is 0.875. The van der Waals surface area contributed by atoms with Gasteiger partial charge in [-0.05, 0) is 56.8 Å². The molecular weight excluding hydrogens is 322 g/mol. The molecule has 1 amide bonds. The molecule has 128 valence electrons. The van der Waals surface area contributed by atoms with E-state index in [-0.39, 0.29) is 5.92 Å². The van der Waals surface area contributed by atoms with E-state index in [1.54, 1.807) is 12.1 Å². The molecule has 0 aliphatic rings. The lowest BCUT2D eigenvalue weighted by Gasteiger charge is -2.38. The third-order valence-electron chi connectivity index (χ3n) is 4.36. The minimum atomic E-state index is -1.01. The van der Waals surface area contributed by atoms with Crippen LogP contribution in [0.4, 0.5) is 0 Å². The van der Waals surface area contributed by atoms with Gasteiger partial charge in [0, 0.05) is 17.3 Å². The molecule has 1 heterocycles. The number of halogens is 1. The molecule has 2 N–H and O–H groups in total. The number of carbonyl (C=O) groups excluding carboxylic acids is 1.